The van der Waals surface area contributed by atoms with Crippen molar-refractivity contribution in [3.8, 4) is 0 Å². The van der Waals surface area contributed by atoms with Gasteiger partial charge in [-0.1, -0.05) is 0 Å². The molecule has 1 fully saturated rings. The predicted octanol–water partition coefficient (Wildman–Crippen LogP) is 0.156. The molecule has 0 spiro atoms. The molecule has 0 aliphatic carbocycles. The van der Waals surface area contributed by atoms with Gasteiger partial charge in [-0.05, 0) is 18.0 Å². The van der Waals surface area contributed by atoms with Gasteiger partial charge in [0.05, 0.1) is 13.2 Å². The van der Waals surface area contributed by atoms with Crippen molar-refractivity contribution in [3.05, 3.63) is 5.28 Å². The summed E-state index contributed by atoms with van der Waals surface area (Å²) in [7, 11) is 0. The number of ether oxygens (including phenoxy) is 1. The van der Waals surface area contributed by atoms with E-state index in [0.29, 0.717) is 38.1 Å². The highest BCUT2D eigenvalue weighted by atomic mass is 35.5. The number of morpholine rings is 1. The Balaban J connectivity index is 2.05. The molecule has 7 nitrogen and oxygen atoms in total. The summed E-state index contributed by atoms with van der Waals surface area (Å²) in [5.41, 5.74) is 0. The molecule has 1 aromatic heterocycles. The summed E-state index contributed by atoms with van der Waals surface area (Å²) in [5.74, 6) is 0.995. The summed E-state index contributed by atoms with van der Waals surface area (Å²) in [5, 5.41) is 11.9. The molecular formula is C10H16ClN5O2. The summed E-state index contributed by atoms with van der Waals surface area (Å²) in [6.45, 7) is 3.54. The minimum absolute atomic E-state index is 0.127. The molecule has 1 aliphatic heterocycles. The first-order chi connectivity index (χ1) is 8.79. The highest BCUT2D eigenvalue weighted by Crippen LogP contribution is 2.14. The predicted molar refractivity (Wildman–Crippen MR) is 68.1 cm³/mol. The van der Waals surface area contributed by atoms with Crippen LogP contribution >= 0.6 is 11.6 Å². The zero-order valence-electron chi connectivity index (χ0n) is 9.97. The molecule has 0 amide bonds. The van der Waals surface area contributed by atoms with Crippen molar-refractivity contribution in [1.82, 2.24) is 15.0 Å². The van der Waals surface area contributed by atoms with Crippen LogP contribution in [-0.4, -0.2) is 59.5 Å². The smallest absolute Gasteiger partial charge is 0.231 e. The van der Waals surface area contributed by atoms with Gasteiger partial charge in [-0.15, -0.1) is 0 Å². The molecular weight excluding hydrogens is 258 g/mol. The van der Waals surface area contributed by atoms with Gasteiger partial charge in [0.2, 0.25) is 17.2 Å². The maximum atomic E-state index is 8.72. The van der Waals surface area contributed by atoms with Crippen LogP contribution in [-0.2, 0) is 4.74 Å². The normalized spacial score (nSPS) is 15.8. The largest absolute Gasteiger partial charge is 0.396 e. The van der Waals surface area contributed by atoms with Gasteiger partial charge in [-0.2, -0.15) is 15.0 Å². The third-order valence-electron chi connectivity index (χ3n) is 2.51. The van der Waals surface area contributed by atoms with Gasteiger partial charge in [0.1, 0.15) is 0 Å². The van der Waals surface area contributed by atoms with Crippen molar-refractivity contribution < 1.29 is 9.84 Å². The average Bonchev–Trinajstić information content (AvgIpc) is 2.39. The average molecular weight is 274 g/mol. The van der Waals surface area contributed by atoms with Crippen LogP contribution in [0.15, 0.2) is 0 Å². The Morgan fingerprint density at radius 2 is 2.06 bits per heavy atom. The van der Waals surface area contributed by atoms with Crippen molar-refractivity contribution in [1.29, 1.82) is 0 Å². The molecule has 0 bridgehead atoms. The number of aliphatic hydroxyl groups is 1. The van der Waals surface area contributed by atoms with Crippen LogP contribution in [0.3, 0.4) is 0 Å². The number of hydrogen-bond acceptors (Lipinski definition) is 7. The van der Waals surface area contributed by atoms with E-state index in [0.717, 1.165) is 13.1 Å². The number of rotatable bonds is 5. The van der Waals surface area contributed by atoms with E-state index in [1.54, 1.807) is 0 Å². The van der Waals surface area contributed by atoms with Gasteiger partial charge in [0.15, 0.2) is 0 Å². The fourth-order valence-electron chi connectivity index (χ4n) is 1.60. The molecule has 18 heavy (non-hydrogen) atoms. The second-order valence-electron chi connectivity index (χ2n) is 3.83. The highest BCUT2D eigenvalue weighted by molar-refractivity contribution is 6.28. The van der Waals surface area contributed by atoms with E-state index in [1.807, 2.05) is 4.90 Å². The summed E-state index contributed by atoms with van der Waals surface area (Å²) in [6.07, 6.45) is 0.635. The fourth-order valence-corrected chi connectivity index (χ4v) is 1.76. The van der Waals surface area contributed by atoms with Gasteiger partial charge >= 0.3 is 0 Å². The van der Waals surface area contributed by atoms with E-state index in [9.17, 15) is 0 Å². The molecule has 1 aromatic rings. The first-order valence-corrected chi connectivity index (χ1v) is 6.26. The van der Waals surface area contributed by atoms with Crippen molar-refractivity contribution in [3.63, 3.8) is 0 Å². The van der Waals surface area contributed by atoms with Crippen molar-refractivity contribution >= 4 is 23.5 Å². The number of hydrogen-bond donors (Lipinski definition) is 2. The molecule has 0 saturated carbocycles. The lowest BCUT2D eigenvalue weighted by Crippen LogP contribution is -2.37. The number of nitrogens with zero attached hydrogens (tertiary/aromatic N) is 4. The van der Waals surface area contributed by atoms with Gasteiger partial charge in [0, 0.05) is 26.2 Å². The first-order valence-electron chi connectivity index (χ1n) is 5.88. The topological polar surface area (TPSA) is 83.4 Å². The lowest BCUT2D eigenvalue weighted by Gasteiger charge is -2.26. The quantitative estimate of drug-likeness (QED) is 0.739. The molecule has 0 aromatic carbocycles. The van der Waals surface area contributed by atoms with Crippen LogP contribution < -0.4 is 10.2 Å². The second-order valence-corrected chi connectivity index (χ2v) is 4.17. The van der Waals surface area contributed by atoms with Crippen LogP contribution in [0, 0.1) is 0 Å². The number of anilines is 2. The Morgan fingerprint density at radius 1 is 1.28 bits per heavy atom. The van der Waals surface area contributed by atoms with E-state index in [-0.39, 0.29) is 11.9 Å². The lowest BCUT2D eigenvalue weighted by atomic mass is 10.4. The van der Waals surface area contributed by atoms with Crippen LogP contribution in [0.1, 0.15) is 6.42 Å². The van der Waals surface area contributed by atoms with Crippen LogP contribution in [0.2, 0.25) is 5.28 Å². The number of nitrogens with one attached hydrogen (secondary N) is 1. The Labute approximate surface area is 110 Å². The summed E-state index contributed by atoms with van der Waals surface area (Å²) < 4.78 is 5.27. The van der Waals surface area contributed by atoms with Crippen LogP contribution in [0.25, 0.3) is 0 Å². The monoisotopic (exact) mass is 273 g/mol. The number of halogens is 1. The van der Waals surface area contributed by atoms with E-state index < -0.39 is 0 Å². The second kappa shape index (κ2) is 6.67. The fraction of sp³-hybridized carbons (Fsp3) is 0.700. The molecule has 2 heterocycles. The SMILES string of the molecule is OCCCNc1nc(Cl)nc(N2CCOCC2)n1. The van der Waals surface area contributed by atoms with Gasteiger partial charge in [-0.3, -0.25) is 0 Å². The molecule has 2 rings (SSSR count). The molecule has 8 heteroatoms. The highest BCUT2D eigenvalue weighted by Gasteiger charge is 2.15. The Bertz CT molecular complexity index is 387. The third-order valence-corrected chi connectivity index (χ3v) is 2.68. The molecule has 100 valence electrons. The Hall–Kier alpha value is -1.18. The standard InChI is InChI=1S/C10H16ClN5O2/c11-8-13-9(12-2-1-5-17)15-10(14-8)16-3-6-18-7-4-16/h17H,1-7H2,(H,12,13,14,15). The molecule has 2 N–H and O–H groups in total. The van der Waals surface area contributed by atoms with E-state index in [2.05, 4.69) is 20.3 Å². The zero-order valence-corrected chi connectivity index (χ0v) is 10.7. The number of aliphatic hydroxyl groups excluding tert-OH is 1. The van der Waals surface area contributed by atoms with Crippen molar-refractivity contribution in [2.24, 2.45) is 0 Å². The van der Waals surface area contributed by atoms with Gasteiger partial charge in [0.25, 0.3) is 0 Å². The first kappa shape index (κ1) is 13.3. The van der Waals surface area contributed by atoms with Crippen molar-refractivity contribution in [2.45, 2.75) is 6.42 Å². The summed E-state index contributed by atoms with van der Waals surface area (Å²) in [6, 6.07) is 0. The Kier molecular flexibility index (Phi) is 4.91. The van der Waals surface area contributed by atoms with E-state index >= 15 is 0 Å². The summed E-state index contributed by atoms with van der Waals surface area (Å²) in [4.78, 5) is 14.4. The molecule has 1 saturated heterocycles. The maximum absolute atomic E-state index is 8.72. The van der Waals surface area contributed by atoms with Crippen molar-refractivity contribution in [2.75, 3.05) is 49.7 Å². The minimum atomic E-state index is 0.127. The third kappa shape index (κ3) is 3.66. The lowest BCUT2D eigenvalue weighted by molar-refractivity contribution is 0.122. The van der Waals surface area contributed by atoms with Gasteiger partial charge in [-0.25, -0.2) is 0 Å². The zero-order chi connectivity index (χ0) is 12.8. The molecule has 1 aliphatic rings. The Morgan fingerprint density at radius 3 is 2.78 bits per heavy atom. The molecule has 0 atom stereocenters. The van der Waals surface area contributed by atoms with E-state index in [4.69, 9.17) is 21.4 Å². The molecule has 0 unspecified atom stereocenters. The van der Waals surface area contributed by atoms with Crippen LogP contribution in [0.5, 0.6) is 0 Å². The maximum Gasteiger partial charge on any atom is 0.231 e. The van der Waals surface area contributed by atoms with Gasteiger partial charge < -0.3 is 20.1 Å². The minimum Gasteiger partial charge on any atom is -0.396 e. The summed E-state index contributed by atoms with van der Waals surface area (Å²) >= 11 is 5.87. The van der Waals surface area contributed by atoms with Crippen LogP contribution in [0.4, 0.5) is 11.9 Å². The van der Waals surface area contributed by atoms with E-state index in [1.165, 1.54) is 0 Å². The number of aromatic nitrogens is 3. The molecule has 0 radical (unpaired) electrons.